The molecule has 0 bridgehead atoms. The summed E-state index contributed by atoms with van der Waals surface area (Å²) in [6.45, 7) is 6.29. The van der Waals surface area contributed by atoms with Crippen LogP contribution in [0.15, 0.2) is 0 Å². The van der Waals surface area contributed by atoms with Crippen molar-refractivity contribution in [2.45, 2.75) is 27.7 Å². The zero-order valence-corrected chi connectivity index (χ0v) is 7.72. The number of carbonyl (C=O) groups excluding carboxylic acids is 1. The van der Waals surface area contributed by atoms with Crippen LogP contribution in [-0.2, 0) is 4.79 Å². The number of rotatable bonds is 3. The van der Waals surface area contributed by atoms with E-state index in [2.05, 4.69) is 0 Å². The average Bonchev–Trinajstić information content (AvgIpc) is 2.06. The van der Waals surface area contributed by atoms with Crippen molar-refractivity contribution in [3.8, 4) is 0 Å². The summed E-state index contributed by atoms with van der Waals surface area (Å²) in [5.74, 6) is -0.187. The predicted molar refractivity (Wildman–Crippen MR) is 44.3 cm³/mol. The van der Waals surface area contributed by atoms with Gasteiger partial charge in [-0.1, -0.05) is 13.8 Å². The second-order valence-electron chi connectivity index (χ2n) is 2.43. The first-order chi connectivity index (χ1) is 5.06. The number of ketones is 1. The highest BCUT2D eigenvalue weighted by molar-refractivity contribution is 5.82. The minimum absolute atomic E-state index is 0.187. The highest BCUT2D eigenvalue weighted by Gasteiger charge is 2.27. The minimum Gasteiger partial charge on any atom is -0.395 e. The second-order valence-corrected chi connectivity index (χ2v) is 2.43. The zero-order valence-electron chi connectivity index (χ0n) is 7.72. The van der Waals surface area contributed by atoms with Crippen molar-refractivity contribution in [2.24, 2.45) is 5.41 Å². The molecule has 11 heavy (non-hydrogen) atoms. The molecule has 0 aromatic carbocycles. The van der Waals surface area contributed by atoms with Gasteiger partial charge in [-0.2, -0.15) is 0 Å². The lowest BCUT2D eigenvalue weighted by atomic mass is 9.89. The van der Waals surface area contributed by atoms with E-state index in [-0.39, 0.29) is 19.0 Å². The van der Waals surface area contributed by atoms with E-state index in [4.69, 9.17) is 10.2 Å². The molecule has 0 unspecified atom stereocenters. The number of hydrogen-bond acceptors (Lipinski definition) is 3. The molecule has 0 amide bonds. The molecule has 0 aliphatic rings. The van der Waals surface area contributed by atoms with Crippen LogP contribution < -0.4 is 0 Å². The van der Waals surface area contributed by atoms with E-state index in [0.29, 0.717) is 0 Å². The molecule has 0 aliphatic heterocycles. The van der Waals surface area contributed by atoms with Gasteiger partial charge in [-0.25, -0.2) is 0 Å². The molecule has 0 rings (SSSR count). The molecule has 3 heteroatoms. The fraction of sp³-hybridized carbons (Fsp3) is 0.875. The molecule has 0 fully saturated rings. The molecule has 0 aliphatic carbocycles. The summed E-state index contributed by atoms with van der Waals surface area (Å²) < 4.78 is 0. The van der Waals surface area contributed by atoms with Crippen molar-refractivity contribution < 1.29 is 15.0 Å². The van der Waals surface area contributed by atoms with Gasteiger partial charge in [0.15, 0.2) is 0 Å². The molecule has 0 atom stereocenters. The first-order valence-corrected chi connectivity index (χ1v) is 3.79. The Hall–Kier alpha value is -0.410. The van der Waals surface area contributed by atoms with Crippen LogP contribution in [0, 0.1) is 5.41 Å². The molecule has 0 heterocycles. The number of aliphatic hydroxyl groups is 2. The Morgan fingerprint density at radius 1 is 1.27 bits per heavy atom. The van der Waals surface area contributed by atoms with E-state index < -0.39 is 5.41 Å². The largest absolute Gasteiger partial charge is 0.395 e. The Balaban J connectivity index is 0. The molecule has 2 N–H and O–H groups in total. The van der Waals surface area contributed by atoms with Gasteiger partial charge in [0.1, 0.15) is 5.78 Å². The molecule has 0 spiro atoms. The van der Waals surface area contributed by atoms with Gasteiger partial charge in [0.2, 0.25) is 0 Å². The molecule has 68 valence electrons. The Kier molecular flexibility index (Phi) is 7.57. The van der Waals surface area contributed by atoms with Crippen molar-refractivity contribution in [1.29, 1.82) is 0 Å². The highest BCUT2D eigenvalue weighted by Crippen LogP contribution is 2.14. The van der Waals surface area contributed by atoms with Crippen LogP contribution in [0.2, 0.25) is 0 Å². The van der Waals surface area contributed by atoms with E-state index in [1.807, 2.05) is 13.8 Å². The first-order valence-electron chi connectivity index (χ1n) is 3.79. The van der Waals surface area contributed by atoms with Gasteiger partial charge in [0.05, 0.1) is 18.6 Å². The normalized spacial score (nSPS) is 10.0. The third kappa shape index (κ3) is 4.11. The monoisotopic (exact) mass is 162 g/mol. The fourth-order valence-electron chi connectivity index (χ4n) is 0.273. The standard InChI is InChI=1S/C6H12O3.C2H6/c1-5(9)6(2,3-7)4-8;1-2/h7-8H,3-4H2,1-2H3;1-2H3. The maximum absolute atomic E-state index is 10.6. The molecule has 0 saturated heterocycles. The third-order valence-corrected chi connectivity index (χ3v) is 1.55. The van der Waals surface area contributed by atoms with Crippen LogP contribution in [0.1, 0.15) is 27.7 Å². The summed E-state index contributed by atoms with van der Waals surface area (Å²) in [6.07, 6.45) is 0. The molecular formula is C8H18O3. The van der Waals surface area contributed by atoms with Crippen LogP contribution in [0.25, 0.3) is 0 Å². The quantitative estimate of drug-likeness (QED) is 0.638. The predicted octanol–water partition coefficient (Wildman–Crippen LogP) is 0.593. The van der Waals surface area contributed by atoms with E-state index in [9.17, 15) is 4.79 Å². The Morgan fingerprint density at radius 3 is 1.55 bits per heavy atom. The molecule has 0 aromatic heterocycles. The topological polar surface area (TPSA) is 57.5 Å². The molecule has 0 radical (unpaired) electrons. The summed E-state index contributed by atoms with van der Waals surface area (Å²) >= 11 is 0. The van der Waals surface area contributed by atoms with Gasteiger partial charge >= 0.3 is 0 Å². The van der Waals surface area contributed by atoms with Gasteiger partial charge < -0.3 is 10.2 Å². The molecule has 0 saturated carbocycles. The summed E-state index contributed by atoms with van der Waals surface area (Å²) in [6, 6.07) is 0. The summed E-state index contributed by atoms with van der Waals surface area (Å²) in [5, 5.41) is 17.1. The number of carbonyl (C=O) groups is 1. The van der Waals surface area contributed by atoms with Gasteiger partial charge in [-0.3, -0.25) is 4.79 Å². The van der Waals surface area contributed by atoms with Gasteiger partial charge in [0, 0.05) is 0 Å². The highest BCUT2D eigenvalue weighted by atomic mass is 16.3. The van der Waals surface area contributed by atoms with Crippen molar-refractivity contribution in [3.05, 3.63) is 0 Å². The fourth-order valence-corrected chi connectivity index (χ4v) is 0.273. The lowest BCUT2D eigenvalue weighted by molar-refractivity contribution is -0.130. The Bertz CT molecular complexity index is 106. The van der Waals surface area contributed by atoms with E-state index in [1.165, 1.54) is 13.8 Å². The summed E-state index contributed by atoms with van der Waals surface area (Å²) in [7, 11) is 0. The van der Waals surface area contributed by atoms with Crippen LogP contribution in [0.5, 0.6) is 0 Å². The van der Waals surface area contributed by atoms with E-state index in [0.717, 1.165) is 0 Å². The second kappa shape index (κ2) is 6.31. The van der Waals surface area contributed by atoms with E-state index >= 15 is 0 Å². The maximum atomic E-state index is 10.6. The lowest BCUT2D eigenvalue weighted by Gasteiger charge is -2.19. The Labute approximate surface area is 68.0 Å². The summed E-state index contributed by atoms with van der Waals surface area (Å²) in [5.41, 5.74) is -0.944. The van der Waals surface area contributed by atoms with Crippen LogP contribution in [-0.4, -0.2) is 29.2 Å². The van der Waals surface area contributed by atoms with Crippen molar-refractivity contribution in [2.75, 3.05) is 13.2 Å². The minimum atomic E-state index is -0.944. The zero-order chi connectivity index (χ0) is 9.49. The van der Waals surface area contributed by atoms with Gasteiger partial charge in [-0.15, -0.1) is 0 Å². The van der Waals surface area contributed by atoms with Crippen LogP contribution in [0.3, 0.4) is 0 Å². The van der Waals surface area contributed by atoms with Crippen LogP contribution >= 0.6 is 0 Å². The van der Waals surface area contributed by atoms with E-state index in [1.54, 1.807) is 0 Å². The number of Topliss-reactive ketones (excluding diaryl/α,β-unsaturated/α-hetero) is 1. The van der Waals surface area contributed by atoms with Crippen molar-refractivity contribution in [3.63, 3.8) is 0 Å². The maximum Gasteiger partial charge on any atom is 0.140 e. The number of hydrogen-bond donors (Lipinski definition) is 2. The molecule has 3 nitrogen and oxygen atoms in total. The smallest absolute Gasteiger partial charge is 0.140 e. The first kappa shape index (κ1) is 13.2. The third-order valence-electron chi connectivity index (χ3n) is 1.55. The summed E-state index contributed by atoms with van der Waals surface area (Å²) in [4.78, 5) is 10.6. The molecular weight excluding hydrogens is 144 g/mol. The SMILES string of the molecule is CC.CC(=O)C(C)(CO)CO. The Morgan fingerprint density at radius 2 is 1.55 bits per heavy atom. The van der Waals surface area contributed by atoms with Crippen LogP contribution in [0.4, 0.5) is 0 Å². The average molecular weight is 162 g/mol. The molecule has 0 aromatic rings. The number of aliphatic hydroxyl groups excluding tert-OH is 2. The van der Waals surface area contributed by atoms with Crippen molar-refractivity contribution in [1.82, 2.24) is 0 Å². The lowest BCUT2D eigenvalue weighted by Crippen LogP contribution is -2.33. The van der Waals surface area contributed by atoms with Gasteiger partial charge in [-0.05, 0) is 13.8 Å². The van der Waals surface area contributed by atoms with Crippen molar-refractivity contribution >= 4 is 5.78 Å². The van der Waals surface area contributed by atoms with Gasteiger partial charge in [0.25, 0.3) is 0 Å².